The Balaban J connectivity index is 1.37. The summed E-state index contributed by atoms with van der Waals surface area (Å²) in [6.07, 6.45) is 13.8. The molecule has 1 saturated heterocycles. The van der Waals surface area contributed by atoms with E-state index in [1.165, 1.54) is 23.4 Å². The summed E-state index contributed by atoms with van der Waals surface area (Å²) in [5.41, 5.74) is 4.30. The van der Waals surface area contributed by atoms with Crippen molar-refractivity contribution in [3.8, 4) is 0 Å². The first-order valence-electron chi connectivity index (χ1n) is 13.3. The van der Waals surface area contributed by atoms with Gasteiger partial charge in [-0.1, -0.05) is 45.8 Å². The van der Waals surface area contributed by atoms with E-state index in [9.17, 15) is 9.59 Å². The zero-order valence-electron chi connectivity index (χ0n) is 21.5. The molecule has 1 aliphatic heterocycles. The third-order valence-corrected chi connectivity index (χ3v) is 8.14. The van der Waals surface area contributed by atoms with Crippen LogP contribution in [-0.4, -0.2) is 64.0 Å². The number of unbranched alkanes of at least 4 members (excludes halogenated alkanes) is 2. The van der Waals surface area contributed by atoms with Crippen LogP contribution >= 0.6 is 0 Å². The highest BCUT2D eigenvalue weighted by atomic mass is 16.2. The number of nitrogens with one attached hydrogen (secondary N) is 2. The molecule has 4 unspecified atom stereocenters. The van der Waals surface area contributed by atoms with Crippen molar-refractivity contribution in [1.29, 1.82) is 0 Å². The van der Waals surface area contributed by atoms with Crippen LogP contribution in [0.5, 0.6) is 0 Å². The van der Waals surface area contributed by atoms with Gasteiger partial charge in [0, 0.05) is 24.8 Å². The van der Waals surface area contributed by atoms with Crippen molar-refractivity contribution < 1.29 is 9.59 Å². The fourth-order valence-corrected chi connectivity index (χ4v) is 6.13. The molecule has 1 aromatic rings. The number of nitrogens with zero attached hydrogens (tertiary/aromatic N) is 3. The number of carbonyl (C=O) groups excluding carboxylic acids is 2. The van der Waals surface area contributed by atoms with Crippen LogP contribution in [0.2, 0.25) is 0 Å². The number of aromatic nitrogens is 2. The fourth-order valence-electron chi connectivity index (χ4n) is 6.13. The molecular formula is C27H43N5O2. The van der Waals surface area contributed by atoms with Crippen molar-refractivity contribution in [3.63, 3.8) is 0 Å². The van der Waals surface area contributed by atoms with Gasteiger partial charge in [0.05, 0.1) is 24.3 Å². The molecular weight excluding hydrogens is 426 g/mol. The lowest BCUT2D eigenvalue weighted by molar-refractivity contribution is -0.137. The Kier molecular flexibility index (Phi) is 7.80. The number of hydrogen-bond donors (Lipinski definition) is 2. The lowest BCUT2D eigenvalue weighted by Crippen LogP contribution is -2.48. The lowest BCUT2D eigenvalue weighted by Gasteiger charge is -2.35. The van der Waals surface area contributed by atoms with Crippen LogP contribution in [0.3, 0.4) is 0 Å². The fraction of sp³-hybridized carbons (Fsp3) is 0.741. The van der Waals surface area contributed by atoms with Gasteiger partial charge in [-0.25, -0.2) is 0 Å². The van der Waals surface area contributed by atoms with E-state index >= 15 is 0 Å². The Bertz CT molecular complexity index is 892. The SMILES string of the molecule is CCCCCN(C=O)CC(=O)N(CC)C1C=CC2CC(c3n[nH]c4c3CCC(C)(C)C4)NC2C1. The molecule has 2 aliphatic carbocycles. The molecule has 7 nitrogen and oxygen atoms in total. The summed E-state index contributed by atoms with van der Waals surface area (Å²) in [5, 5.41) is 12.0. The van der Waals surface area contributed by atoms with Crippen LogP contribution in [-0.2, 0) is 22.4 Å². The second-order valence-corrected chi connectivity index (χ2v) is 11.3. The average molecular weight is 470 g/mol. The Hall–Kier alpha value is -2.15. The number of rotatable bonds is 10. The number of hydrogen-bond acceptors (Lipinski definition) is 4. The van der Waals surface area contributed by atoms with Crippen molar-refractivity contribution in [2.75, 3.05) is 19.6 Å². The molecule has 4 atom stereocenters. The van der Waals surface area contributed by atoms with Gasteiger partial charge in [0.2, 0.25) is 12.3 Å². The van der Waals surface area contributed by atoms with E-state index in [2.05, 4.69) is 43.3 Å². The van der Waals surface area contributed by atoms with Gasteiger partial charge >= 0.3 is 0 Å². The molecule has 0 spiro atoms. The number of carbonyl (C=O) groups is 2. The number of amides is 2. The predicted molar refractivity (Wildman–Crippen MR) is 134 cm³/mol. The van der Waals surface area contributed by atoms with Gasteiger partial charge in [-0.2, -0.15) is 5.10 Å². The Morgan fingerprint density at radius 2 is 2.06 bits per heavy atom. The van der Waals surface area contributed by atoms with Crippen molar-refractivity contribution in [3.05, 3.63) is 29.1 Å². The van der Waals surface area contributed by atoms with Gasteiger partial charge in [0.15, 0.2) is 0 Å². The average Bonchev–Trinajstić information content (AvgIpc) is 3.41. The molecule has 1 fully saturated rings. The Labute approximate surface area is 204 Å². The van der Waals surface area contributed by atoms with E-state index in [4.69, 9.17) is 5.10 Å². The van der Waals surface area contributed by atoms with E-state index in [1.807, 2.05) is 11.8 Å². The number of aromatic amines is 1. The highest BCUT2D eigenvalue weighted by molar-refractivity contribution is 5.80. The van der Waals surface area contributed by atoms with Gasteiger partial charge in [-0.05, 0) is 62.3 Å². The summed E-state index contributed by atoms with van der Waals surface area (Å²) in [6.45, 7) is 10.3. The van der Waals surface area contributed by atoms with Gasteiger partial charge in [-0.3, -0.25) is 14.7 Å². The molecule has 0 aromatic carbocycles. The van der Waals surface area contributed by atoms with Crippen LogP contribution in [0.4, 0.5) is 0 Å². The second kappa shape index (κ2) is 10.6. The number of fused-ring (bicyclic) bond motifs is 2. The molecule has 0 saturated carbocycles. The van der Waals surface area contributed by atoms with Crippen molar-refractivity contribution in [2.24, 2.45) is 11.3 Å². The maximum absolute atomic E-state index is 13.1. The minimum Gasteiger partial charge on any atom is -0.336 e. The predicted octanol–water partition coefficient (Wildman–Crippen LogP) is 3.77. The smallest absolute Gasteiger partial charge is 0.242 e. The van der Waals surface area contributed by atoms with Crippen LogP contribution in [0.15, 0.2) is 12.2 Å². The van der Waals surface area contributed by atoms with E-state index in [0.717, 1.165) is 51.4 Å². The first-order valence-corrected chi connectivity index (χ1v) is 13.3. The molecule has 3 aliphatic rings. The molecule has 1 aromatic heterocycles. The highest BCUT2D eigenvalue weighted by Crippen LogP contribution is 2.41. The summed E-state index contributed by atoms with van der Waals surface area (Å²) in [6, 6.07) is 0.693. The van der Waals surface area contributed by atoms with Crippen molar-refractivity contribution in [1.82, 2.24) is 25.3 Å². The molecule has 34 heavy (non-hydrogen) atoms. The number of likely N-dealkylation sites (N-methyl/N-ethyl adjacent to an activating group) is 1. The first kappa shape index (κ1) is 25.0. The third-order valence-electron chi connectivity index (χ3n) is 8.14. The van der Waals surface area contributed by atoms with E-state index in [-0.39, 0.29) is 24.5 Å². The van der Waals surface area contributed by atoms with E-state index in [1.54, 1.807) is 4.90 Å². The van der Waals surface area contributed by atoms with Gasteiger partial charge in [-0.15, -0.1) is 0 Å². The molecule has 2 heterocycles. The monoisotopic (exact) mass is 469 g/mol. The largest absolute Gasteiger partial charge is 0.336 e. The zero-order chi connectivity index (χ0) is 24.3. The van der Waals surface area contributed by atoms with Crippen molar-refractivity contribution >= 4 is 12.3 Å². The number of H-pyrrole nitrogens is 1. The maximum atomic E-state index is 13.1. The minimum atomic E-state index is 0.0396. The summed E-state index contributed by atoms with van der Waals surface area (Å²) < 4.78 is 0. The van der Waals surface area contributed by atoms with Crippen LogP contribution < -0.4 is 5.32 Å². The van der Waals surface area contributed by atoms with E-state index < -0.39 is 0 Å². The first-order chi connectivity index (χ1) is 16.3. The Morgan fingerprint density at radius 3 is 2.79 bits per heavy atom. The van der Waals surface area contributed by atoms with Gasteiger partial charge < -0.3 is 15.1 Å². The van der Waals surface area contributed by atoms with Crippen LogP contribution in [0.25, 0.3) is 0 Å². The van der Waals surface area contributed by atoms with Gasteiger partial charge in [0.25, 0.3) is 0 Å². The molecule has 2 amide bonds. The van der Waals surface area contributed by atoms with Crippen molar-refractivity contribution in [2.45, 2.75) is 97.2 Å². The van der Waals surface area contributed by atoms with Crippen LogP contribution in [0.1, 0.15) is 89.2 Å². The van der Waals surface area contributed by atoms with Crippen LogP contribution in [0, 0.1) is 11.3 Å². The third kappa shape index (κ3) is 5.40. The molecule has 188 valence electrons. The molecule has 4 rings (SSSR count). The summed E-state index contributed by atoms with van der Waals surface area (Å²) >= 11 is 0. The molecule has 0 bridgehead atoms. The maximum Gasteiger partial charge on any atom is 0.242 e. The highest BCUT2D eigenvalue weighted by Gasteiger charge is 2.41. The quantitative estimate of drug-likeness (QED) is 0.311. The van der Waals surface area contributed by atoms with E-state index in [0.29, 0.717) is 30.5 Å². The molecule has 0 radical (unpaired) electrons. The standard InChI is InChI=1S/C27H43N5O2/c1-5-7-8-13-31(18-33)17-25(34)32(6-2)20-10-9-19-14-23(28-22(19)15-20)26-21-11-12-27(3,4)16-24(21)29-30-26/h9-10,18-20,22-23,28H,5-8,11-17H2,1-4H3,(H,29,30). The normalized spacial score (nSPS) is 27.2. The summed E-state index contributed by atoms with van der Waals surface area (Å²) in [5.74, 6) is 0.515. The zero-order valence-corrected chi connectivity index (χ0v) is 21.5. The van der Waals surface area contributed by atoms with Gasteiger partial charge in [0.1, 0.15) is 0 Å². The Morgan fingerprint density at radius 1 is 1.24 bits per heavy atom. The molecule has 2 N–H and O–H groups in total. The lowest BCUT2D eigenvalue weighted by atomic mass is 9.76. The summed E-state index contributed by atoms with van der Waals surface area (Å²) in [4.78, 5) is 28.1. The minimum absolute atomic E-state index is 0.0396. The topological polar surface area (TPSA) is 81.3 Å². The molecule has 7 heteroatoms. The second-order valence-electron chi connectivity index (χ2n) is 11.3. The summed E-state index contributed by atoms with van der Waals surface area (Å²) in [7, 11) is 0.